The number of carbonyl (C=O) groups excluding carboxylic acids is 1. The zero-order valence-electron chi connectivity index (χ0n) is 17.7. The summed E-state index contributed by atoms with van der Waals surface area (Å²) in [6.07, 6.45) is 2.27. The molecule has 3 aliphatic rings. The van der Waals surface area contributed by atoms with Crippen molar-refractivity contribution in [2.75, 3.05) is 44.2 Å². The number of piperazine rings is 1. The fourth-order valence-electron chi connectivity index (χ4n) is 5.11. The fraction of sp³-hybridized carbons (Fsp3) is 0.565. The molecule has 0 amide bonds. The van der Waals surface area contributed by atoms with Gasteiger partial charge in [0.05, 0.1) is 13.2 Å². The number of aromatic nitrogens is 2. The number of hydrogen-bond acceptors (Lipinski definition) is 5. The van der Waals surface area contributed by atoms with Crippen molar-refractivity contribution < 1.29 is 9.53 Å². The van der Waals surface area contributed by atoms with E-state index < -0.39 is 0 Å². The number of fused-ring (bicyclic) bond motifs is 3. The number of nitrogens with zero attached hydrogens (tertiary/aromatic N) is 4. The molecule has 0 unspecified atom stereocenters. The van der Waals surface area contributed by atoms with Crippen LogP contribution in [0.25, 0.3) is 0 Å². The van der Waals surface area contributed by atoms with Gasteiger partial charge in [0.2, 0.25) is 0 Å². The number of halogens is 1. The van der Waals surface area contributed by atoms with Gasteiger partial charge in [-0.1, -0.05) is 17.7 Å². The van der Waals surface area contributed by atoms with Crippen LogP contribution < -0.4 is 4.90 Å². The molecular formula is C23H29ClN4O2. The minimum Gasteiger partial charge on any atom is -0.461 e. The average molecular weight is 429 g/mol. The van der Waals surface area contributed by atoms with Crippen molar-refractivity contribution in [3.63, 3.8) is 0 Å². The fourth-order valence-corrected chi connectivity index (χ4v) is 5.28. The Morgan fingerprint density at radius 3 is 2.80 bits per heavy atom. The van der Waals surface area contributed by atoms with Crippen molar-refractivity contribution >= 4 is 23.3 Å². The smallest absolute Gasteiger partial charge is 0.359 e. The summed E-state index contributed by atoms with van der Waals surface area (Å²) in [6, 6.07) is 6.14. The van der Waals surface area contributed by atoms with Gasteiger partial charge in [0.25, 0.3) is 0 Å². The van der Waals surface area contributed by atoms with E-state index in [4.69, 9.17) is 16.3 Å². The summed E-state index contributed by atoms with van der Waals surface area (Å²) >= 11 is 6.30. The second kappa shape index (κ2) is 7.89. The summed E-state index contributed by atoms with van der Waals surface area (Å²) in [5, 5.41) is 5.52. The van der Waals surface area contributed by atoms with Gasteiger partial charge < -0.3 is 9.64 Å². The minimum absolute atomic E-state index is 0.259. The van der Waals surface area contributed by atoms with E-state index in [1.165, 1.54) is 23.4 Å². The predicted octanol–water partition coefficient (Wildman–Crippen LogP) is 3.50. The molecule has 7 heteroatoms. The number of benzene rings is 1. The SMILES string of the molecule is CCOC(=O)c1nn(CCN2CCN(c3cccc(Cl)c3C)CC2)c2c1[C@@H]1C[C@@H]1C2. The van der Waals surface area contributed by atoms with Crippen molar-refractivity contribution in [1.82, 2.24) is 14.7 Å². The van der Waals surface area contributed by atoms with Crippen LogP contribution in [0, 0.1) is 12.8 Å². The molecule has 6 nitrogen and oxygen atoms in total. The van der Waals surface area contributed by atoms with Crippen LogP contribution in [-0.2, 0) is 17.7 Å². The summed E-state index contributed by atoms with van der Waals surface area (Å²) in [5.41, 5.74) is 5.42. The molecule has 0 radical (unpaired) electrons. The number of esters is 1. The number of rotatable bonds is 6. The van der Waals surface area contributed by atoms with Crippen LogP contribution >= 0.6 is 11.6 Å². The lowest BCUT2D eigenvalue weighted by Crippen LogP contribution is -2.47. The van der Waals surface area contributed by atoms with Crippen LogP contribution in [0.2, 0.25) is 5.02 Å². The van der Waals surface area contributed by atoms with Crippen molar-refractivity contribution in [2.24, 2.45) is 5.92 Å². The van der Waals surface area contributed by atoms with Crippen LogP contribution in [0.5, 0.6) is 0 Å². The standard InChI is InChI=1S/C23H29ClN4O2/c1-3-30-23(29)22-21-17-13-16(17)14-20(21)28(25-22)12-9-26-7-10-27(11-8-26)19-6-4-5-18(24)15(19)2/h4-6,16-17H,3,7-14H2,1-2H3/t16-,17-/m1/s1. The second-order valence-corrected chi connectivity index (χ2v) is 9.08. The zero-order chi connectivity index (χ0) is 20.8. The van der Waals surface area contributed by atoms with Crippen LogP contribution in [0.1, 0.15) is 46.6 Å². The van der Waals surface area contributed by atoms with Crippen molar-refractivity contribution in [3.8, 4) is 0 Å². The Morgan fingerprint density at radius 2 is 2.03 bits per heavy atom. The molecular weight excluding hydrogens is 400 g/mol. The molecule has 30 heavy (non-hydrogen) atoms. The summed E-state index contributed by atoms with van der Waals surface area (Å²) in [4.78, 5) is 17.3. The number of carbonyl (C=O) groups is 1. The topological polar surface area (TPSA) is 50.6 Å². The Labute approximate surface area is 182 Å². The van der Waals surface area contributed by atoms with Gasteiger partial charge in [-0.2, -0.15) is 5.10 Å². The van der Waals surface area contributed by atoms with E-state index in [2.05, 4.69) is 32.6 Å². The largest absolute Gasteiger partial charge is 0.461 e. The Bertz CT molecular complexity index is 964. The second-order valence-electron chi connectivity index (χ2n) is 8.67. The summed E-state index contributed by atoms with van der Waals surface area (Å²) in [7, 11) is 0. The maximum absolute atomic E-state index is 12.4. The first kappa shape index (κ1) is 19.9. The molecule has 2 aromatic rings. The lowest BCUT2D eigenvalue weighted by Gasteiger charge is -2.37. The van der Waals surface area contributed by atoms with Gasteiger partial charge in [0.1, 0.15) is 0 Å². The monoisotopic (exact) mass is 428 g/mol. The molecule has 160 valence electrons. The highest BCUT2D eigenvalue weighted by atomic mass is 35.5. The first-order valence-corrected chi connectivity index (χ1v) is 11.4. The van der Waals surface area contributed by atoms with Crippen LogP contribution in [0.15, 0.2) is 18.2 Å². The molecule has 1 saturated carbocycles. The quantitative estimate of drug-likeness (QED) is 0.659. The maximum atomic E-state index is 12.4. The summed E-state index contributed by atoms with van der Waals surface area (Å²) < 4.78 is 7.34. The molecule has 1 saturated heterocycles. The molecule has 2 heterocycles. The van der Waals surface area contributed by atoms with Crippen molar-refractivity contribution in [2.45, 2.75) is 39.2 Å². The molecule has 5 rings (SSSR count). The van der Waals surface area contributed by atoms with Gasteiger partial charge in [-0.3, -0.25) is 9.58 Å². The van der Waals surface area contributed by atoms with Gasteiger partial charge >= 0.3 is 5.97 Å². The molecule has 0 bridgehead atoms. The minimum atomic E-state index is -0.259. The Kier molecular flexibility index (Phi) is 5.23. The van der Waals surface area contributed by atoms with Gasteiger partial charge in [-0.05, 0) is 56.2 Å². The van der Waals surface area contributed by atoms with E-state index in [1.54, 1.807) is 0 Å². The molecule has 1 aromatic heterocycles. The van der Waals surface area contributed by atoms with Crippen LogP contribution in [0.4, 0.5) is 5.69 Å². The van der Waals surface area contributed by atoms with Gasteiger partial charge in [-0.25, -0.2) is 4.79 Å². The normalized spacial score (nSPS) is 22.7. The molecule has 2 atom stereocenters. The molecule has 0 N–H and O–H groups in total. The van der Waals surface area contributed by atoms with Crippen molar-refractivity contribution in [3.05, 3.63) is 45.7 Å². The Balaban J connectivity index is 1.22. The maximum Gasteiger partial charge on any atom is 0.359 e. The molecule has 1 aromatic carbocycles. The molecule has 1 aliphatic heterocycles. The van der Waals surface area contributed by atoms with Gasteiger partial charge in [0, 0.05) is 54.7 Å². The average Bonchev–Trinajstić information content (AvgIpc) is 3.26. The van der Waals surface area contributed by atoms with Gasteiger partial charge in [0.15, 0.2) is 5.69 Å². The Hall–Kier alpha value is -2.05. The lowest BCUT2D eigenvalue weighted by molar-refractivity contribution is 0.0517. The first-order valence-electron chi connectivity index (χ1n) is 11.1. The summed E-state index contributed by atoms with van der Waals surface area (Å²) in [6.45, 7) is 10.1. The number of hydrogen-bond donors (Lipinski definition) is 0. The molecule has 2 fully saturated rings. The van der Waals surface area contributed by atoms with E-state index in [-0.39, 0.29) is 5.97 Å². The van der Waals surface area contributed by atoms with E-state index >= 15 is 0 Å². The Morgan fingerprint density at radius 1 is 1.23 bits per heavy atom. The van der Waals surface area contributed by atoms with E-state index in [9.17, 15) is 4.79 Å². The zero-order valence-corrected chi connectivity index (χ0v) is 18.5. The van der Waals surface area contributed by atoms with E-state index in [1.807, 2.05) is 19.1 Å². The first-order chi connectivity index (χ1) is 14.6. The summed E-state index contributed by atoms with van der Waals surface area (Å²) in [5.74, 6) is 1.00. The van der Waals surface area contributed by atoms with Crippen molar-refractivity contribution in [1.29, 1.82) is 0 Å². The van der Waals surface area contributed by atoms with Crippen LogP contribution in [0.3, 0.4) is 0 Å². The highest BCUT2D eigenvalue weighted by molar-refractivity contribution is 6.31. The van der Waals surface area contributed by atoms with E-state index in [0.29, 0.717) is 18.2 Å². The number of ether oxygens (including phenoxy) is 1. The third kappa shape index (κ3) is 3.50. The highest BCUT2D eigenvalue weighted by Crippen LogP contribution is 2.57. The predicted molar refractivity (Wildman–Crippen MR) is 118 cm³/mol. The third-order valence-electron chi connectivity index (χ3n) is 6.90. The molecule has 0 spiro atoms. The molecule has 2 aliphatic carbocycles. The third-order valence-corrected chi connectivity index (χ3v) is 7.31. The van der Waals surface area contributed by atoms with Gasteiger partial charge in [-0.15, -0.1) is 0 Å². The highest BCUT2D eigenvalue weighted by Gasteiger charge is 2.50. The number of anilines is 1. The van der Waals surface area contributed by atoms with Crippen LogP contribution in [-0.4, -0.2) is 60.0 Å². The van der Waals surface area contributed by atoms with E-state index in [0.717, 1.165) is 62.2 Å². The lowest BCUT2D eigenvalue weighted by atomic mass is 10.1.